The van der Waals surface area contributed by atoms with Crippen LogP contribution in [0.15, 0.2) is 48.6 Å². The van der Waals surface area contributed by atoms with Gasteiger partial charge in [0.1, 0.15) is 0 Å². The van der Waals surface area contributed by atoms with Crippen LogP contribution in [0.3, 0.4) is 0 Å². The van der Waals surface area contributed by atoms with E-state index in [0.29, 0.717) is 19.4 Å². The lowest BCUT2D eigenvalue weighted by Crippen LogP contribution is -2.45. The lowest BCUT2D eigenvalue weighted by atomic mass is 10.0. The fraction of sp³-hybridized carbons (Fsp3) is 0.808. The van der Waals surface area contributed by atoms with E-state index in [-0.39, 0.29) is 18.5 Å². The largest absolute Gasteiger partial charge is 0.466 e. The Hall–Kier alpha value is -2.18. The Kier molecular flexibility index (Phi) is 45.7. The summed E-state index contributed by atoms with van der Waals surface area (Å²) in [5.41, 5.74) is 0. The van der Waals surface area contributed by atoms with E-state index in [2.05, 4.69) is 55.6 Å². The topological polar surface area (TPSA) is 95.9 Å². The zero-order valence-electron chi connectivity index (χ0n) is 38.3. The van der Waals surface area contributed by atoms with Crippen LogP contribution in [0.1, 0.15) is 245 Å². The lowest BCUT2D eigenvalue weighted by Gasteiger charge is -2.20. The van der Waals surface area contributed by atoms with Crippen LogP contribution in [0.4, 0.5) is 0 Å². The highest BCUT2D eigenvalue weighted by molar-refractivity contribution is 5.76. The van der Waals surface area contributed by atoms with Gasteiger partial charge in [0.05, 0.1) is 25.4 Å². The fourth-order valence-corrected chi connectivity index (χ4v) is 7.18. The molecule has 2 unspecified atom stereocenters. The average Bonchev–Trinajstić information content (AvgIpc) is 3.22. The van der Waals surface area contributed by atoms with Crippen molar-refractivity contribution in [1.29, 1.82) is 0 Å². The van der Waals surface area contributed by atoms with Crippen LogP contribution in [-0.2, 0) is 14.3 Å². The molecule has 6 heteroatoms. The average molecular weight is 814 g/mol. The molecule has 3 N–H and O–H groups in total. The third-order valence-corrected chi connectivity index (χ3v) is 11.1. The predicted octanol–water partition coefficient (Wildman–Crippen LogP) is 14.7. The van der Waals surface area contributed by atoms with Gasteiger partial charge in [0.25, 0.3) is 0 Å². The van der Waals surface area contributed by atoms with Gasteiger partial charge in [-0.1, -0.05) is 191 Å². The van der Waals surface area contributed by atoms with Crippen molar-refractivity contribution in [3.63, 3.8) is 0 Å². The van der Waals surface area contributed by atoms with E-state index < -0.39 is 12.1 Å². The van der Waals surface area contributed by atoms with Crippen LogP contribution in [0.5, 0.6) is 0 Å². The van der Waals surface area contributed by atoms with Gasteiger partial charge in [-0.05, 0) is 89.9 Å². The molecule has 0 aliphatic carbocycles. The Bertz CT molecular complexity index is 988. The molecular formula is C52H95NO5. The van der Waals surface area contributed by atoms with E-state index in [1.165, 1.54) is 128 Å². The molecule has 0 saturated carbocycles. The van der Waals surface area contributed by atoms with E-state index in [1.807, 2.05) is 6.08 Å². The number of amides is 1. The first-order chi connectivity index (χ1) is 28.5. The number of aliphatic hydroxyl groups is 2. The van der Waals surface area contributed by atoms with Gasteiger partial charge in [0, 0.05) is 12.8 Å². The van der Waals surface area contributed by atoms with E-state index in [0.717, 1.165) is 89.9 Å². The maximum Gasteiger partial charge on any atom is 0.305 e. The monoisotopic (exact) mass is 814 g/mol. The highest BCUT2D eigenvalue weighted by atomic mass is 16.5. The number of hydrogen-bond donors (Lipinski definition) is 3. The molecule has 58 heavy (non-hydrogen) atoms. The van der Waals surface area contributed by atoms with Crippen molar-refractivity contribution in [2.24, 2.45) is 0 Å². The van der Waals surface area contributed by atoms with Crippen molar-refractivity contribution in [1.82, 2.24) is 5.32 Å². The number of carbonyl (C=O) groups excluding carboxylic acids is 2. The van der Waals surface area contributed by atoms with Crippen LogP contribution < -0.4 is 5.32 Å². The summed E-state index contributed by atoms with van der Waals surface area (Å²) in [6.45, 7) is 4.77. The van der Waals surface area contributed by atoms with Gasteiger partial charge in [0.15, 0.2) is 0 Å². The molecule has 0 bridgehead atoms. The molecule has 0 aromatic rings. The number of unbranched alkanes of at least 4 members (excludes halogenated alkanes) is 28. The first-order valence-corrected chi connectivity index (χ1v) is 24.9. The normalized spacial score (nSPS) is 13.1. The van der Waals surface area contributed by atoms with Crippen molar-refractivity contribution in [2.45, 2.75) is 257 Å². The second kappa shape index (κ2) is 47.5. The van der Waals surface area contributed by atoms with Crippen molar-refractivity contribution in [3.8, 4) is 0 Å². The smallest absolute Gasteiger partial charge is 0.305 e. The maximum absolute atomic E-state index is 12.4. The van der Waals surface area contributed by atoms with Crippen LogP contribution in [-0.4, -0.2) is 47.4 Å². The van der Waals surface area contributed by atoms with Crippen molar-refractivity contribution >= 4 is 11.9 Å². The number of ether oxygens (including phenoxy) is 1. The van der Waals surface area contributed by atoms with Gasteiger partial charge in [-0.25, -0.2) is 0 Å². The highest BCUT2D eigenvalue weighted by Crippen LogP contribution is 2.14. The van der Waals surface area contributed by atoms with Gasteiger partial charge < -0.3 is 20.3 Å². The Morgan fingerprint density at radius 1 is 0.483 bits per heavy atom. The van der Waals surface area contributed by atoms with Crippen LogP contribution in [0.2, 0.25) is 0 Å². The van der Waals surface area contributed by atoms with Crippen molar-refractivity contribution in [2.75, 3.05) is 13.2 Å². The number of esters is 1. The summed E-state index contributed by atoms with van der Waals surface area (Å²) < 4.78 is 5.42. The standard InChI is InChI=1S/C52H95NO5/c1-3-5-7-9-11-13-15-17-19-21-22-24-28-32-36-40-44-50(55)49(48-54)53-51(56)45-41-37-33-29-26-27-31-35-39-43-47-58-52(57)46-42-38-34-30-25-23-20-18-16-14-12-10-8-6-4-2/h12,14,18,20,27,31,40,44,49-50,54-55H,3-11,13,15-17,19,21-26,28-30,32-39,41-43,45-48H2,1-2H3,(H,53,56)/b14-12-,20-18-,31-27-,44-40+. The zero-order valence-corrected chi connectivity index (χ0v) is 38.3. The number of carbonyl (C=O) groups is 2. The van der Waals surface area contributed by atoms with E-state index >= 15 is 0 Å². The van der Waals surface area contributed by atoms with Crippen LogP contribution >= 0.6 is 0 Å². The van der Waals surface area contributed by atoms with Gasteiger partial charge in [0.2, 0.25) is 5.91 Å². The Morgan fingerprint density at radius 3 is 1.36 bits per heavy atom. The zero-order chi connectivity index (χ0) is 42.3. The third kappa shape index (κ3) is 43.4. The summed E-state index contributed by atoms with van der Waals surface area (Å²) in [6, 6.07) is -0.655. The molecule has 6 nitrogen and oxygen atoms in total. The third-order valence-electron chi connectivity index (χ3n) is 11.1. The quantitative estimate of drug-likeness (QED) is 0.0323. The summed E-state index contributed by atoms with van der Waals surface area (Å²) in [7, 11) is 0. The second-order valence-electron chi connectivity index (χ2n) is 16.8. The molecule has 2 atom stereocenters. The first-order valence-electron chi connectivity index (χ1n) is 24.9. The molecule has 0 spiro atoms. The molecule has 0 aliphatic rings. The minimum Gasteiger partial charge on any atom is -0.466 e. The molecule has 0 aromatic heterocycles. The van der Waals surface area contributed by atoms with Gasteiger partial charge in [-0.3, -0.25) is 9.59 Å². The van der Waals surface area contributed by atoms with Crippen LogP contribution in [0, 0.1) is 0 Å². The highest BCUT2D eigenvalue weighted by Gasteiger charge is 2.18. The summed E-state index contributed by atoms with van der Waals surface area (Å²) in [5.74, 6) is -0.159. The molecule has 0 fully saturated rings. The van der Waals surface area contributed by atoms with E-state index in [4.69, 9.17) is 4.74 Å². The minimum absolute atomic E-state index is 0.0533. The maximum atomic E-state index is 12.4. The number of hydrogen-bond acceptors (Lipinski definition) is 5. The Morgan fingerprint density at radius 2 is 0.862 bits per heavy atom. The second-order valence-corrected chi connectivity index (χ2v) is 16.8. The van der Waals surface area contributed by atoms with Crippen molar-refractivity contribution in [3.05, 3.63) is 48.6 Å². The van der Waals surface area contributed by atoms with Crippen molar-refractivity contribution < 1.29 is 24.5 Å². The summed E-state index contributed by atoms with van der Waals surface area (Å²) in [6.07, 6.45) is 58.2. The van der Waals surface area contributed by atoms with Gasteiger partial charge in [-0.15, -0.1) is 0 Å². The van der Waals surface area contributed by atoms with Gasteiger partial charge in [-0.2, -0.15) is 0 Å². The molecule has 0 heterocycles. The van der Waals surface area contributed by atoms with E-state index in [1.54, 1.807) is 6.08 Å². The molecule has 1 amide bonds. The molecule has 338 valence electrons. The number of nitrogens with one attached hydrogen (secondary N) is 1. The number of rotatable bonds is 45. The molecular weight excluding hydrogens is 719 g/mol. The molecule has 0 saturated heterocycles. The molecule has 0 aromatic carbocycles. The summed E-state index contributed by atoms with van der Waals surface area (Å²) in [5, 5.41) is 23.0. The van der Waals surface area contributed by atoms with E-state index in [9.17, 15) is 19.8 Å². The molecule has 0 rings (SSSR count). The summed E-state index contributed by atoms with van der Waals surface area (Å²) >= 11 is 0. The fourth-order valence-electron chi connectivity index (χ4n) is 7.18. The Balaban J connectivity index is 3.60. The predicted molar refractivity (Wildman–Crippen MR) is 250 cm³/mol. The van der Waals surface area contributed by atoms with Gasteiger partial charge >= 0.3 is 5.97 Å². The number of aliphatic hydroxyl groups excluding tert-OH is 2. The molecule has 0 aliphatic heterocycles. The minimum atomic E-state index is -0.867. The SMILES string of the molecule is CCCCC/C=C\C/C=C\CCCCCCCC(=O)OCCCC/C=C\CCCCCCC(=O)NC(CO)C(O)/C=C/CCCCCCCCCCCCCCCC. The molecule has 0 radical (unpaired) electrons. The Labute approximate surface area is 359 Å². The van der Waals surface area contributed by atoms with Crippen LogP contribution in [0.25, 0.3) is 0 Å². The summed E-state index contributed by atoms with van der Waals surface area (Å²) in [4.78, 5) is 24.4. The lowest BCUT2D eigenvalue weighted by molar-refractivity contribution is -0.143. The first kappa shape index (κ1) is 55.8. The number of allylic oxidation sites excluding steroid dienone is 7.